The Hall–Kier alpha value is -3.16. The molecule has 148 valence electrons. The van der Waals surface area contributed by atoms with Crippen LogP contribution in [-0.4, -0.2) is 57.7 Å². The van der Waals surface area contributed by atoms with Gasteiger partial charge in [0.2, 0.25) is 0 Å². The van der Waals surface area contributed by atoms with Crippen molar-refractivity contribution in [3.05, 3.63) is 47.8 Å². The third kappa shape index (κ3) is 3.62. The highest BCUT2D eigenvalue weighted by molar-refractivity contribution is 5.95. The van der Waals surface area contributed by atoms with Crippen LogP contribution in [0.4, 0.5) is 5.82 Å². The second kappa shape index (κ2) is 7.35. The number of aryl methyl sites for hydroxylation is 1. The molecular formula is C22H24N6O. The standard InChI is InChI=1S/C22H24N6O/c1-14-24-21-17(13-20(23)27-22(21)25-14)19-12-16-5-4-15(11-18(16)26-19)3-2-6-28-7-9-29-10-8-28/h2-5,11-13,26H,6-10H2,1H3,(H3,23,24,25,27). The van der Waals surface area contributed by atoms with Crippen molar-refractivity contribution < 1.29 is 4.74 Å². The van der Waals surface area contributed by atoms with E-state index in [4.69, 9.17) is 10.5 Å². The minimum Gasteiger partial charge on any atom is -0.384 e. The smallest absolute Gasteiger partial charge is 0.180 e. The van der Waals surface area contributed by atoms with E-state index in [1.165, 1.54) is 5.56 Å². The van der Waals surface area contributed by atoms with Crippen LogP contribution in [-0.2, 0) is 4.74 Å². The molecule has 4 aromatic rings. The molecule has 1 aliphatic heterocycles. The number of nitrogens with two attached hydrogens (primary N) is 1. The van der Waals surface area contributed by atoms with E-state index in [1.54, 1.807) is 0 Å². The van der Waals surface area contributed by atoms with Gasteiger partial charge in [0.05, 0.1) is 18.7 Å². The summed E-state index contributed by atoms with van der Waals surface area (Å²) in [6, 6.07) is 10.5. The number of imidazole rings is 1. The number of pyridine rings is 1. The number of nitrogen functional groups attached to an aromatic ring is 1. The van der Waals surface area contributed by atoms with E-state index in [1.807, 2.05) is 13.0 Å². The highest BCUT2D eigenvalue weighted by Crippen LogP contribution is 2.30. The number of nitrogens with zero attached hydrogens (tertiary/aromatic N) is 3. The average Bonchev–Trinajstić information content (AvgIpc) is 3.30. The summed E-state index contributed by atoms with van der Waals surface area (Å²) in [6.07, 6.45) is 4.40. The van der Waals surface area contributed by atoms with Gasteiger partial charge in [0.15, 0.2) is 5.65 Å². The van der Waals surface area contributed by atoms with Gasteiger partial charge in [-0.05, 0) is 30.7 Å². The Kier molecular flexibility index (Phi) is 4.54. The monoisotopic (exact) mass is 388 g/mol. The molecule has 1 aliphatic rings. The Bertz CT molecular complexity index is 1200. The molecule has 4 heterocycles. The van der Waals surface area contributed by atoms with E-state index >= 15 is 0 Å². The molecule has 7 nitrogen and oxygen atoms in total. The topological polar surface area (TPSA) is 95.8 Å². The number of aromatic amines is 2. The number of anilines is 1. The van der Waals surface area contributed by atoms with Gasteiger partial charge in [-0.15, -0.1) is 0 Å². The first-order valence-corrected chi connectivity index (χ1v) is 9.88. The van der Waals surface area contributed by atoms with E-state index in [9.17, 15) is 0 Å². The van der Waals surface area contributed by atoms with Gasteiger partial charge in [-0.1, -0.05) is 24.3 Å². The zero-order valence-corrected chi connectivity index (χ0v) is 16.4. The maximum atomic E-state index is 6.01. The Labute approximate surface area is 168 Å². The minimum absolute atomic E-state index is 0.462. The number of benzene rings is 1. The van der Waals surface area contributed by atoms with Crippen molar-refractivity contribution in [2.75, 3.05) is 38.6 Å². The maximum absolute atomic E-state index is 6.01. The Morgan fingerprint density at radius 1 is 1.14 bits per heavy atom. The van der Waals surface area contributed by atoms with Gasteiger partial charge >= 0.3 is 0 Å². The molecular weight excluding hydrogens is 364 g/mol. The van der Waals surface area contributed by atoms with Gasteiger partial charge in [0, 0.05) is 41.8 Å². The highest BCUT2D eigenvalue weighted by atomic mass is 16.5. The Balaban J connectivity index is 1.44. The summed E-state index contributed by atoms with van der Waals surface area (Å²) in [5, 5.41) is 1.16. The molecule has 0 amide bonds. The van der Waals surface area contributed by atoms with E-state index in [2.05, 4.69) is 61.3 Å². The van der Waals surface area contributed by atoms with Crippen LogP contribution < -0.4 is 5.73 Å². The second-order valence-electron chi connectivity index (χ2n) is 7.46. The summed E-state index contributed by atoms with van der Waals surface area (Å²) in [5.41, 5.74) is 11.8. The molecule has 1 saturated heterocycles. The van der Waals surface area contributed by atoms with Crippen LogP contribution in [0.1, 0.15) is 11.4 Å². The van der Waals surface area contributed by atoms with Gasteiger partial charge in [0.1, 0.15) is 11.6 Å². The largest absolute Gasteiger partial charge is 0.384 e. The van der Waals surface area contributed by atoms with Crippen molar-refractivity contribution in [2.24, 2.45) is 0 Å². The van der Waals surface area contributed by atoms with Gasteiger partial charge in [-0.25, -0.2) is 9.97 Å². The van der Waals surface area contributed by atoms with Gasteiger partial charge in [-0.3, -0.25) is 4.90 Å². The number of nitrogens with one attached hydrogen (secondary N) is 2. The lowest BCUT2D eigenvalue weighted by Gasteiger charge is -2.25. The first-order chi connectivity index (χ1) is 14.2. The van der Waals surface area contributed by atoms with Crippen LogP contribution in [0.3, 0.4) is 0 Å². The number of rotatable bonds is 4. The Morgan fingerprint density at radius 3 is 2.86 bits per heavy atom. The van der Waals surface area contributed by atoms with Gasteiger partial charge in [-0.2, -0.15) is 0 Å². The molecule has 7 heteroatoms. The molecule has 3 aromatic heterocycles. The molecule has 0 atom stereocenters. The van der Waals surface area contributed by atoms with E-state index in [0.29, 0.717) is 11.5 Å². The SMILES string of the molecule is Cc1nc2nc(N)cc(-c3cc4ccc(C=CCN5CCOCC5)cc4[nH]3)c2[nH]1. The van der Waals surface area contributed by atoms with Crippen molar-refractivity contribution in [1.29, 1.82) is 0 Å². The summed E-state index contributed by atoms with van der Waals surface area (Å²) < 4.78 is 5.40. The number of aromatic nitrogens is 4. The summed E-state index contributed by atoms with van der Waals surface area (Å²) in [4.78, 5) is 18.0. The zero-order valence-electron chi connectivity index (χ0n) is 16.4. The first kappa shape index (κ1) is 17.9. The van der Waals surface area contributed by atoms with Crippen LogP contribution in [0.25, 0.3) is 39.4 Å². The lowest BCUT2D eigenvalue weighted by molar-refractivity contribution is 0.0435. The van der Waals surface area contributed by atoms with Crippen LogP contribution in [0.2, 0.25) is 0 Å². The quantitative estimate of drug-likeness (QED) is 0.498. The maximum Gasteiger partial charge on any atom is 0.180 e. The number of hydrogen-bond donors (Lipinski definition) is 3. The van der Waals surface area contributed by atoms with Crippen molar-refractivity contribution in [3.63, 3.8) is 0 Å². The number of H-pyrrole nitrogens is 2. The zero-order chi connectivity index (χ0) is 19.8. The predicted molar refractivity (Wildman–Crippen MR) is 117 cm³/mol. The summed E-state index contributed by atoms with van der Waals surface area (Å²) in [5.74, 6) is 1.28. The molecule has 29 heavy (non-hydrogen) atoms. The van der Waals surface area contributed by atoms with E-state index in [-0.39, 0.29) is 0 Å². The average molecular weight is 388 g/mol. The fraction of sp³-hybridized carbons (Fsp3) is 0.273. The van der Waals surface area contributed by atoms with Crippen molar-refractivity contribution in [1.82, 2.24) is 24.8 Å². The van der Waals surface area contributed by atoms with Crippen LogP contribution in [0.15, 0.2) is 36.4 Å². The third-order valence-corrected chi connectivity index (χ3v) is 5.31. The molecule has 4 N–H and O–H groups in total. The fourth-order valence-electron chi connectivity index (χ4n) is 3.85. The van der Waals surface area contributed by atoms with Gasteiger partial charge < -0.3 is 20.4 Å². The highest BCUT2D eigenvalue weighted by Gasteiger charge is 2.13. The van der Waals surface area contributed by atoms with Crippen LogP contribution in [0, 0.1) is 6.92 Å². The Morgan fingerprint density at radius 2 is 2.00 bits per heavy atom. The molecule has 1 fully saturated rings. The van der Waals surface area contributed by atoms with Gasteiger partial charge in [0.25, 0.3) is 0 Å². The number of ether oxygens (including phenoxy) is 1. The number of hydrogen-bond acceptors (Lipinski definition) is 5. The number of morpholine rings is 1. The summed E-state index contributed by atoms with van der Waals surface area (Å²) >= 11 is 0. The molecule has 0 radical (unpaired) electrons. The van der Waals surface area contributed by atoms with Crippen molar-refractivity contribution in [2.45, 2.75) is 6.92 Å². The van der Waals surface area contributed by atoms with E-state index in [0.717, 1.165) is 66.3 Å². The van der Waals surface area contributed by atoms with Crippen molar-refractivity contribution in [3.8, 4) is 11.3 Å². The van der Waals surface area contributed by atoms with Crippen molar-refractivity contribution >= 4 is 34.0 Å². The third-order valence-electron chi connectivity index (χ3n) is 5.31. The summed E-state index contributed by atoms with van der Waals surface area (Å²) in [6.45, 7) is 6.52. The fourth-order valence-corrected chi connectivity index (χ4v) is 3.85. The molecule has 1 aromatic carbocycles. The second-order valence-corrected chi connectivity index (χ2v) is 7.46. The molecule has 0 unspecified atom stereocenters. The minimum atomic E-state index is 0.462. The number of fused-ring (bicyclic) bond motifs is 2. The predicted octanol–water partition coefficient (Wildman–Crippen LogP) is 3.34. The molecule has 5 rings (SSSR count). The molecule has 0 spiro atoms. The van der Waals surface area contributed by atoms with Crippen LogP contribution in [0.5, 0.6) is 0 Å². The first-order valence-electron chi connectivity index (χ1n) is 9.88. The molecule has 0 saturated carbocycles. The lowest BCUT2D eigenvalue weighted by Crippen LogP contribution is -2.36. The molecule has 0 bridgehead atoms. The normalized spacial score (nSPS) is 15.8. The lowest BCUT2D eigenvalue weighted by atomic mass is 10.1. The van der Waals surface area contributed by atoms with Crippen LogP contribution >= 0.6 is 0 Å². The van der Waals surface area contributed by atoms with E-state index < -0.39 is 0 Å². The molecule has 0 aliphatic carbocycles. The summed E-state index contributed by atoms with van der Waals surface area (Å²) in [7, 11) is 0.